The average molecular weight is 549 g/mol. The number of halogens is 2. The molecule has 0 bridgehead atoms. The van der Waals surface area contributed by atoms with Gasteiger partial charge in [-0.15, -0.1) is 24.0 Å². The van der Waals surface area contributed by atoms with E-state index in [-0.39, 0.29) is 47.2 Å². The van der Waals surface area contributed by atoms with Crippen LogP contribution in [0.4, 0.5) is 4.39 Å². The lowest BCUT2D eigenvalue weighted by Crippen LogP contribution is -2.49. The summed E-state index contributed by atoms with van der Waals surface area (Å²) in [7, 11) is -3.73. The minimum absolute atomic E-state index is 0. The molecule has 10 heteroatoms. The molecule has 1 fully saturated rings. The van der Waals surface area contributed by atoms with Gasteiger partial charge in [0.05, 0.1) is 24.7 Å². The molecule has 2 atom stereocenters. The largest absolute Gasteiger partial charge is 0.357 e. The van der Waals surface area contributed by atoms with E-state index in [1.54, 1.807) is 6.20 Å². The molecule has 0 radical (unpaired) electrons. The van der Waals surface area contributed by atoms with Crippen molar-refractivity contribution >= 4 is 39.8 Å². The van der Waals surface area contributed by atoms with E-state index in [0.717, 1.165) is 25.6 Å². The van der Waals surface area contributed by atoms with Gasteiger partial charge in [0.25, 0.3) is 0 Å². The van der Waals surface area contributed by atoms with Crippen LogP contribution in [0.5, 0.6) is 0 Å². The van der Waals surface area contributed by atoms with Crippen LogP contribution in [0, 0.1) is 11.7 Å². The SMILES string of the molecule is CCNC(=NCCS(=O)(=O)c1ccccc1F)N1CCC(C)C(n2ccnc2)C1.I. The summed E-state index contributed by atoms with van der Waals surface area (Å²) in [4.78, 5) is 10.6. The molecule has 166 valence electrons. The van der Waals surface area contributed by atoms with E-state index in [4.69, 9.17) is 0 Å². The fourth-order valence-electron chi connectivity index (χ4n) is 3.60. The number of sulfone groups is 1. The molecule has 7 nitrogen and oxygen atoms in total. The van der Waals surface area contributed by atoms with E-state index in [1.165, 1.54) is 18.2 Å². The Bertz CT molecular complexity index is 936. The van der Waals surface area contributed by atoms with Crippen molar-refractivity contribution in [2.45, 2.75) is 31.2 Å². The highest BCUT2D eigenvalue weighted by Crippen LogP contribution is 2.27. The molecule has 1 aliphatic heterocycles. The summed E-state index contributed by atoms with van der Waals surface area (Å²) >= 11 is 0. The zero-order valence-corrected chi connectivity index (χ0v) is 20.4. The van der Waals surface area contributed by atoms with Crippen molar-refractivity contribution in [3.05, 3.63) is 48.8 Å². The maximum absolute atomic E-state index is 13.9. The number of imidazole rings is 1. The Kier molecular flexibility index (Phi) is 9.08. The lowest BCUT2D eigenvalue weighted by molar-refractivity contribution is 0.189. The second-order valence-corrected chi connectivity index (χ2v) is 9.35. The van der Waals surface area contributed by atoms with Crippen molar-refractivity contribution in [3.8, 4) is 0 Å². The monoisotopic (exact) mass is 549 g/mol. The Labute approximate surface area is 194 Å². The van der Waals surface area contributed by atoms with Crippen LogP contribution >= 0.6 is 24.0 Å². The maximum atomic E-state index is 13.9. The summed E-state index contributed by atoms with van der Waals surface area (Å²) in [6.07, 6.45) is 6.57. The highest BCUT2D eigenvalue weighted by atomic mass is 127. The molecule has 30 heavy (non-hydrogen) atoms. The Morgan fingerprint density at radius 1 is 1.37 bits per heavy atom. The molecule has 1 N–H and O–H groups in total. The quantitative estimate of drug-likeness (QED) is 0.341. The van der Waals surface area contributed by atoms with Crippen LogP contribution in [-0.4, -0.2) is 60.8 Å². The highest BCUT2D eigenvalue weighted by Gasteiger charge is 2.29. The molecular formula is C20H29FIN5O2S. The molecule has 1 aromatic carbocycles. The molecule has 0 spiro atoms. The van der Waals surface area contributed by atoms with Gasteiger partial charge in [-0.1, -0.05) is 19.1 Å². The van der Waals surface area contributed by atoms with Crippen LogP contribution in [0.2, 0.25) is 0 Å². The standard InChI is InChI=1S/C20H28FN5O2S.HI/c1-3-23-20(24-10-13-29(27,28)19-7-5-4-6-17(19)21)25-11-8-16(2)18(14-25)26-12-9-22-15-26;/h4-7,9,12,15-16,18H,3,8,10-11,13-14H2,1-2H3,(H,23,24);1H. The first-order valence-corrected chi connectivity index (χ1v) is 11.6. The summed E-state index contributed by atoms with van der Waals surface area (Å²) < 4.78 is 40.9. The summed E-state index contributed by atoms with van der Waals surface area (Å²) in [5, 5.41) is 3.25. The molecule has 1 aliphatic rings. The summed E-state index contributed by atoms with van der Waals surface area (Å²) in [6, 6.07) is 5.72. The number of aromatic nitrogens is 2. The fourth-order valence-corrected chi connectivity index (χ4v) is 4.80. The maximum Gasteiger partial charge on any atom is 0.194 e. The molecule has 2 unspecified atom stereocenters. The molecular weight excluding hydrogens is 520 g/mol. The predicted molar refractivity (Wildman–Crippen MR) is 126 cm³/mol. The van der Waals surface area contributed by atoms with E-state index >= 15 is 0 Å². The zero-order valence-electron chi connectivity index (χ0n) is 17.2. The van der Waals surface area contributed by atoms with Gasteiger partial charge in [0.1, 0.15) is 10.7 Å². The molecule has 0 amide bonds. The summed E-state index contributed by atoms with van der Waals surface area (Å²) in [6.45, 7) is 6.57. The third-order valence-electron chi connectivity index (χ3n) is 5.25. The molecule has 2 heterocycles. The number of nitrogens with one attached hydrogen (secondary N) is 1. The number of guanidine groups is 1. The fraction of sp³-hybridized carbons (Fsp3) is 0.500. The van der Waals surface area contributed by atoms with E-state index in [1.807, 2.05) is 19.4 Å². The Balaban J connectivity index is 0.00000320. The van der Waals surface area contributed by atoms with E-state index < -0.39 is 15.7 Å². The molecule has 0 saturated carbocycles. The van der Waals surface area contributed by atoms with Crippen molar-refractivity contribution in [2.75, 3.05) is 31.9 Å². The second kappa shape index (κ2) is 11.1. The number of nitrogens with zero attached hydrogens (tertiary/aromatic N) is 4. The third-order valence-corrected chi connectivity index (χ3v) is 6.98. The Morgan fingerprint density at radius 2 is 2.13 bits per heavy atom. The van der Waals surface area contributed by atoms with Crippen LogP contribution in [0.3, 0.4) is 0 Å². The van der Waals surface area contributed by atoms with Crippen LogP contribution in [0.15, 0.2) is 52.9 Å². The third kappa shape index (κ3) is 5.93. The van der Waals surface area contributed by atoms with Crippen molar-refractivity contribution in [1.82, 2.24) is 19.8 Å². The number of hydrogen-bond donors (Lipinski definition) is 1. The topological polar surface area (TPSA) is 79.6 Å². The van der Waals surface area contributed by atoms with E-state index in [2.05, 4.69) is 31.7 Å². The van der Waals surface area contributed by atoms with Crippen molar-refractivity contribution in [2.24, 2.45) is 10.9 Å². The number of piperidine rings is 1. The number of benzene rings is 1. The number of likely N-dealkylation sites (tertiary alicyclic amines) is 1. The van der Waals surface area contributed by atoms with Crippen LogP contribution in [0.25, 0.3) is 0 Å². The zero-order chi connectivity index (χ0) is 20.9. The lowest BCUT2D eigenvalue weighted by Gasteiger charge is -2.39. The first-order chi connectivity index (χ1) is 13.9. The van der Waals surface area contributed by atoms with Crippen molar-refractivity contribution in [1.29, 1.82) is 0 Å². The molecule has 0 aliphatic carbocycles. The molecule has 1 aromatic heterocycles. The lowest BCUT2D eigenvalue weighted by atomic mass is 9.93. The van der Waals surface area contributed by atoms with Gasteiger partial charge in [0, 0.05) is 32.0 Å². The minimum atomic E-state index is -3.73. The first-order valence-electron chi connectivity index (χ1n) is 9.90. The summed E-state index contributed by atoms with van der Waals surface area (Å²) in [5.41, 5.74) is 0. The Morgan fingerprint density at radius 3 is 2.80 bits per heavy atom. The van der Waals surface area contributed by atoms with Gasteiger partial charge in [-0.2, -0.15) is 0 Å². The average Bonchev–Trinajstić information content (AvgIpc) is 3.22. The van der Waals surface area contributed by atoms with Crippen LogP contribution in [-0.2, 0) is 9.84 Å². The predicted octanol–water partition coefficient (Wildman–Crippen LogP) is 2.96. The number of aliphatic imine (C=N–C) groups is 1. The van der Waals surface area contributed by atoms with Crippen molar-refractivity contribution < 1.29 is 12.8 Å². The normalized spacial score (nSPS) is 20.0. The van der Waals surface area contributed by atoms with Gasteiger partial charge >= 0.3 is 0 Å². The number of rotatable bonds is 6. The van der Waals surface area contributed by atoms with E-state index in [9.17, 15) is 12.8 Å². The van der Waals surface area contributed by atoms with Crippen LogP contribution in [0.1, 0.15) is 26.3 Å². The van der Waals surface area contributed by atoms with Crippen LogP contribution < -0.4 is 5.32 Å². The number of hydrogen-bond acceptors (Lipinski definition) is 4. The van der Waals surface area contributed by atoms with Gasteiger partial charge in [0.2, 0.25) is 0 Å². The second-order valence-electron chi connectivity index (χ2n) is 7.27. The highest BCUT2D eigenvalue weighted by molar-refractivity contribution is 14.0. The van der Waals surface area contributed by atoms with Gasteiger partial charge in [0.15, 0.2) is 15.8 Å². The molecule has 1 saturated heterocycles. The summed E-state index contributed by atoms with van der Waals surface area (Å²) in [5.74, 6) is 0.229. The Hall–Kier alpha value is -1.69. The van der Waals surface area contributed by atoms with Gasteiger partial charge in [-0.25, -0.2) is 17.8 Å². The van der Waals surface area contributed by atoms with E-state index in [0.29, 0.717) is 18.4 Å². The van der Waals surface area contributed by atoms with Gasteiger partial charge < -0.3 is 14.8 Å². The van der Waals surface area contributed by atoms with Crippen molar-refractivity contribution in [3.63, 3.8) is 0 Å². The van der Waals surface area contributed by atoms with Gasteiger partial charge in [-0.05, 0) is 31.4 Å². The van der Waals surface area contributed by atoms with Gasteiger partial charge in [-0.3, -0.25) is 4.99 Å². The smallest absolute Gasteiger partial charge is 0.194 e. The molecule has 3 rings (SSSR count). The molecule has 2 aromatic rings. The minimum Gasteiger partial charge on any atom is -0.357 e. The first kappa shape index (κ1) is 24.6.